The summed E-state index contributed by atoms with van der Waals surface area (Å²) in [6, 6.07) is 13.4. The van der Waals surface area contributed by atoms with E-state index in [1.54, 1.807) is 62.8 Å². The zero-order chi connectivity index (χ0) is 26.2. The molecule has 0 heterocycles. The lowest BCUT2D eigenvalue weighted by atomic mass is 10.2. The second-order valence-corrected chi connectivity index (χ2v) is 7.33. The Hall–Kier alpha value is -4.48. The molecule has 0 saturated heterocycles. The Morgan fingerprint density at radius 3 is 1.17 bits per heavy atom. The number of carbonyl (C=O) groups excluding carboxylic acids is 4. The fourth-order valence-corrected chi connectivity index (χ4v) is 2.69. The van der Waals surface area contributed by atoms with Crippen molar-refractivity contribution < 1.29 is 38.1 Å². The van der Waals surface area contributed by atoms with E-state index >= 15 is 0 Å². The molecule has 12 heteroatoms. The fourth-order valence-electron chi connectivity index (χ4n) is 2.69. The average molecular weight is 503 g/mol. The summed E-state index contributed by atoms with van der Waals surface area (Å²) in [6.45, 7) is -0.548. The molecule has 0 atom stereocenters. The zero-order valence-corrected chi connectivity index (χ0v) is 20.1. The average Bonchev–Trinajstić information content (AvgIpc) is 2.91. The monoisotopic (exact) mass is 502 g/mol. The zero-order valence-electron chi connectivity index (χ0n) is 20.1. The molecule has 0 aromatic heterocycles. The molecule has 0 unspecified atom stereocenters. The van der Waals surface area contributed by atoms with Crippen molar-refractivity contribution in [2.24, 2.45) is 0 Å². The molecule has 0 spiro atoms. The molecule has 0 radical (unpaired) electrons. The van der Waals surface area contributed by atoms with E-state index in [9.17, 15) is 19.2 Å². The van der Waals surface area contributed by atoms with Crippen molar-refractivity contribution in [3.63, 3.8) is 0 Å². The van der Waals surface area contributed by atoms with Crippen molar-refractivity contribution in [3.05, 3.63) is 48.5 Å². The van der Waals surface area contributed by atoms with E-state index < -0.39 is 23.6 Å². The highest BCUT2D eigenvalue weighted by Crippen LogP contribution is 2.17. The normalized spacial score (nSPS) is 9.94. The molecule has 2 aromatic carbocycles. The standard InChI is InChI=1S/C24H30N4O8/c1-33-17-7-11-19(12-8-17)35-15-23(31)27-25-21(29)5-3-4-6-22(30)26-28-24(32)16-36-20-13-9-18(34-2)10-14-20/h7-14H,3-6,15-16H2,1-2H3,(H,25,29)(H,26,30)(H,27,31)(H,28,32). The summed E-state index contributed by atoms with van der Waals surface area (Å²) < 4.78 is 20.7. The van der Waals surface area contributed by atoms with Crippen LogP contribution in [0.5, 0.6) is 23.0 Å². The van der Waals surface area contributed by atoms with E-state index in [0.29, 0.717) is 35.8 Å². The Kier molecular flexibility index (Phi) is 11.9. The molecule has 12 nitrogen and oxygen atoms in total. The first-order chi connectivity index (χ1) is 17.4. The van der Waals surface area contributed by atoms with Gasteiger partial charge in [-0.1, -0.05) is 0 Å². The van der Waals surface area contributed by atoms with Crippen LogP contribution < -0.4 is 40.7 Å². The number of unbranched alkanes of at least 4 members (excludes halogenated alkanes) is 1. The Morgan fingerprint density at radius 1 is 0.528 bits per heavy atom. The summed E-state index contributed by atoms with van der Waals surface area (Å²) in [7, 11) is 3.09. The van der Waals surface area contributed by atoms with E-state index in [1.165, 1.54) is 0 Å². The van der Waals surface area contributed by atoms with E-state index in [1.807, 2.05) is 0 Å². The quantitative estimate of drug-likeness (QED) is 0.234. The molecule has 0 aliphatic carbocycles. The summed E-state index contributed by atoms with van der Waals surface area (Å²) in [5.74, 6) is 0.436. The first kappa shape index (κ1) is 27.8. The minimum Gasteiger partial charge on any atom is -0.497 e. The molecular formula is C24H30N4O8. The van der Waals surface area contributed by atoms with Crippen molar-refractivity contribution >= 4 is 23.6 Å². The van der Waals surface area contributed by atoms with Gasteiger partial charge in [-0.15, -0.1) is 0 Å². The van der Waals surface area contributed by atoms with Crippen LogP contribution in [0.3, 0.4) is 0 Å². The molecular weight excluding hydrogens is 472 g/mol. The third kappa shape index (κ3) is 11.1. The number of nitrogens with one attached hydrogen (secondary N) is 4. The Labute approximate surface area is 208 Å². The number of ether oxygens (including phenoxy) is 4. The largest absolute Gasteiger partial charge is 0.497 e. The molecule has 2 aromatic rings. The van der Waals surface area contributed by atoms with Gasteiger partial charge in [-0.2, -0.15) is 0 Å². The third-order valence-electron chi connectivity index (χ3n) is 4.60. The molecule has 4 N–H and O–H groups in total. The maximum absolute atomic E-state index is 11.8. The number of hydrogen-bond donors (Lipinski definition) is 4. The lowest BCUT2D eigenvalue weighted by Gasteiger charge is -2.10. The Balaban J connectivity index is 1.49. The van der Waals surface area contributed by atoms with Crippen molar-refractivity contribution in [1.29, 1.82) is 0 Å². The molecule has 0 fully saturated rings. The molecule has 2 rings (SSSR count). The van der Waals surface area contributed by atoms with Gasteiger partial charge in [-0.25, -0.2) is 0 Å². The van der Waals surface area contributed by atoms with Gasteiger partial charge in [0.1, 0.15) is 23.0 Å². The summed E-state index contributed by atoms with van der Waals surface area (Å²) in [4.78, 5) is 47.2. The number of carbonyl (C=O) groups is 4. The first-order valence-electron chi connectivity index (χ1n) is 11.1. The molecule has 0 bridgehead atoms. The van der Waals surface area contributed by atoms with Crippen LogP contribution in [0, 0.1) is 0 Å². The third-order valence-corrected chi connectivity index (χ3v) is 4.60. The van der Waals surface area contributed by atoms with Gasteiger partial charge in [0.25, 0.3) is 11.8 Å². The van der Waals surface area contributed by atoms with Gasteiger partial charge in [0.05, 0.1) is 14.2 Å². The molecule has 194 valence electrons. The van der Waals surface area contributed by atoms with Gasteiger partial charge in [0, 0.05) is 12.8 Å². The highest BCUT2D eigenvalue weighted by atomic mass is 16.5. The minimum atomic E-state index is -0.523. The van der Waals surface area contributed by atoms with Gasteiger partial charge in [-0.05, 0) is 61.4 Å². The Bertz CT molecular complexity index is 915. The minimum absolute atomic E-state index is 0.106. The summed E-state index contributed by atoms with van der Waals surface area (Å²) in [5.41, 5.74) is 9.07. The number of amides is 4. The van der Waals surface area contributed by atoms with Crippen molar-refractivity contribution in [2.45, 2.75) is 25.7 Å². The molecule has 36 heavy (non-hydrogen) atoms. The molecule has 0 aliphatic heterocycles. The topological polar surface area (TPSA) is 153 Å². The van der Waals surface area contributed by atoms with Crippen molar-refractivity contribution in [2.75, 3.05) is 27.4 Å². The second kappa shape index (κ2) is 15.4. The number of hydrogen-bond acceptors (Lipinski definition) is 8. The van der Waals surface area contributed by atoms with Crippen LogP contribution in [0.2, 0.25) is 0 Å². The van der Waals surface area contributed by atoms with Gasteiger partial charge < -0.3 is 18.9 Å². The van der Waals surface area contributed by atoms with Crippen LogP contribution in [-0.2, 0) is 19.2 Å². The Morgan fingerprint density at radius 2 is 0.833 bits per heavy atom. The summed E-state index contributed by atoms with van der Waals surface area (Å²) in [5, 5.41) is 0. The van der Waals surface area contributed by atoms with Crippen molar-refractivity contribution in [3.8, 4) is 23.0 Å². The highest BCUT2D eigenvalue weighted by molar-refractivity contribution is 5.83. The van der Waals surface area contributed by atoms with E-state index in [-0.39, 0.29) is 26.1 Å². The number of rotatable bonds is 13. The van der Waals surface area contributed by atoms with Gasteiger partial charge in [0.2, 0.25) is 11.8 Å². The molecule has 0 saturated carbocycles. The van der Waals surface area contributed by atoms with Crippen LogP contribution in [-0.4, -0.2) is 51.1 Å². The SMILES string of the molecule is COc1ccc(OCC(=O)NNC(=O)CCCCC(=O)NNC(=O)COc2ccc(OC)cc2)cc1. The first-order valence-corrected chi connectivity index (χ1v) is 11.1. The van der Waals surface area contributed by atoms with E-state index in [4.69, 9.17) is 18.9 Å². The lowest BCUT2D eigenvalue weighted by molar-refractivity contribution is -0.130. The molecule has 0 aliphatic rings. The summed E-state index contributed by atoms with van der Waals surface area (Å²) >= 11 is 0. The predicted molar refractivity (Wildman–Crippen MR) is 128 cm³/mol. The van der Waals surface area contributed by atoms with Gasteiger partial charge in [-0.3, -0.25) is 40.9 Å². The summed E-state index contributed by atoms with van der Waals surface area (Å²) in [6.07, 6.45) is 1.03. The van der Waals surface area contributed by atoms with Crippen molar-refractivity contribution in [1.82, 2.24) is 21.7 Å². The van der Waals surface area contributed by atoms with Crippen LogP contribution >= 0.6 is 0 Å². The van der Waals surface area contributed by atoms with Crippen LogP contribution in [0.4, 0.5) is 0 Å². The number of methoxy groups -OCH3 is 2. The predicted octanol–water partition coefficient (Wildman–Crippen LogP) is 1.02. The van der Waals surface area contributed by atoms with Crippen LogP contribution in [0.1, 0.15) is 25.7 Å². The fraction of sp³-hybridized carbons (Fsp3) is 0.333. The number of hydrazine groups is 2. The maximum Gasteiger partial charge on any atom is 0.276 e. The van der Waals surface area contributed by atoms with Gasteiger partial charge in [0.15, 0.2) is 13.2 Å². The maximum atomic E-state index is 11.8. The number of benzene rings is 2. The smallest absolute Gasteiger partial charge is 0.276 e. The van der Waals surface area contributed by atoms with E-state index in [2.05, 4.69) is 21.7 Å². The second-order valence-electron chi connectivity index (χ2n) is 7.33. The molecule has 4 amide bonds. The van der Waals surface area contributed by atoms with Crippen LogP contribution in [0.25, 0.3) is 0 Å². The highest BCUT2D eigenvalue weighted by Gasteiger charge is 2.08. The van der Waals surface area contributed by atoms with Crippen LogP contribution in [0.15, 0.2) is 48.5 Å². The van der Waals surface area contributed by atoms with Gasteiger partial charge >= 0.3 is 0 Å². The van der Waals surface area contributed by atoms with E-state index in [0.717, 1.165) is 0 Å². The lowest BCUT2D eigenvalue weighted by Crippen LogP contribution is -2.44.